The molecule has 0 saturated heterocycles. The maximum atomic E-state index is 12.5. The summed E-state index contributed by atoms with van der Waals surface area (Å²) in [5.41, 5.74) is 9.31. The standard InChI is InChI=1S/C21H24N2O4S/c1-4-27-13-17-11-16(12-24)9-10-18(17)19-7-5-6-8-20(19)28-23(26)21(22)14(2)15(3)25/h5-12,25H,4,13,22H2,1-3H3/b15-14-,23-21+. The molecule has 0 spiro atoms. The molecule has 0 unspecified atom stereocenters. The van der Waals surface area contributed by atoms with Crippen molar-refractivity contribution in [1.82, 2.24) is 0 Å². The van der Waals surface area contributed by atoms with Gasteiger partial charge in [-0.3, -0.25) is 10.5 Å². The third-order valence-electron chi connectivity index (χ3n) is 4.21. The fourth-order valence-corrected chi connectivity index (χ4v) is 3.34. The van der Waals surface area contributed by atoms with Gasteiger partial charge in [-0.05, 0) is 49.6 Å². The Morgan fingerprint density at radius 1 is 1.25 bits per heavy atom. The summed E-state index contributed by atoms with van der Waals surface area (Å²) < 4.78 is 6.12. The highest BCUT2D eigenvalue weighted by atomic mass is 32.2. The van der Waals surface area contributed by atoms with E-state index in [9.17, 15) is 15.1 Å². The second-order valence-electron chi connectivity index (χ2n) is 6.11. The van der Waals surface area contributed by atoms with Gasteiger partial charge in [0.05, 0.1) is 29.0 Å². The Morgan fingerprint density at radius 3 is 2.61 bits per heavy atom. The van der Waals surface area contributed by atoms with Gasteiger partial charge in [-0.2, -0.15) is 4.14 Å². The Balaban J connectivity index is 2.51. The molecule has 2 rings (SSSR count). The van der Waals surface area contributed by atoms with Crippen LogP contribution in [0.1, 0.15) is 36.7 Å². The molecule has 0 heterocycles. The van der Waals surface area contributed by atoms with Crippen molar-refractivity contribution in [2.75, 3.05) is 6.61 Å². The van der Waals surface area contributed by atoms with Gasteiger partial charge in [-0.25, -0.2) is 0 Å². The van der Waals surface area contributed by atoms with Crippen molar-refractivity contribution in [3.05, 3.63) is 70.1 Å². The fraction of sp³-hybridized carbons (Fsp3) is 0.238. The average molecular weight is 401 g/mol. The first kappa shape index (κ1) is 21.5. The molecule has 0 aliphatic carbocycles. The molecule has 0 aromatic heterocycles. The van der Waals surface area contributed by atoms with E-state index in [2.05, 4.69) is 0 Å². The number of rotatable bonds is 8. The number of nitrogens with two attached hydrogens (primary N) is 1. The van der Waals surface area contributed by atoms with Crippen LogP contribution in [0.2, 0.25) is 0 Å². The summed E-state index contributed by atoms with van der Waals surface area (Å²) in [6.07, 6.45) is 0.793. The highest BCUT2D eigenvalue weighted by Crippen LogP contribution is 2.34. The first-order valence-corrected chi connectivity index (χ1v) is 9.56. The van der Waals surface area contributed by atoms with Crippen molar-refractivity contribution in [2.24, 2.45) is 5.73 Å². The highest BCUT2D eigenvalue weighted by molar-refractivity contribution is 7.93. The first-order valence-electron chi connectivity index (χ1n) is 8.78. The molecule has 2 aromatic rings. The van der Waals surface area contributed by atoms with Gasteiger partial charge >= 0.3 is 0 Å². The van der Waals surface area contributed by atoms with Crippen molar-refractivity contribution in [3.63, 3.8) is 0 Å². The fourth-order valence-electron chi connectivity index (χ4n) is 2.51. The minimum Gasteiger partial charge on any atom is -0.704 e. The minimum absolute atomic E-state index is 0.00399. The Morgan fingerprint density at radius 2 is 1.96 bits per heavy atom. The van der Waals surface area contributed by atoms with Gasteiger partial charge in [0.15, 0.2) is 0 Å². The number of aliphatic hydroxyl groups is 1. The van der Waals surface area contributed by atoms with Gasteiger partial charge < -0.3 is 15.1 Å². The number of carbonyl (C=O) groups is 1. The molecular weight excluding hydrogens is 376 g/mol. The Bertz CT molecular complexity index is 918. The molecule has 0 atom stereocenters. The topological polar surface area (TPSA) is 98.6 Å². The maximum absolute atomic E-state index is 12.5. The van der Waals surface area contributed by atoms with Crippen LogP contribution in [0, 0.1) is 5.21 Å². The van der Waals surface area contributed by atoms with E-state index in [0.29, 0.717) is 33.4 Å². The van der Waals surface area contributed by atoms with Crippen LogP contribution in [-0.2, 0) is 11.3 Å². The maximum Gasteiger partial charge on any atom is 0.289 e. The summed E-state index contributed by atoms with van der Waals surface area (Å²) in [6.45, 7) is 5.87. The number of carbonyl (C=O) groups excluding carboxylic acids is 1. The number of hydrogen-bond donors (Lipinski definition) is 2. The Labute approximate surface area is 169 Å². The van der Waals surface area contributed by atoms with Crippen molar-refractivity contribution < 1.29 is 18.8 Å². The summed E-state index contributed by atoms with van der Waals surface area (Å²) in [5, 5.41) is 22.1. The van der Waals surface area contributed by atoms with Crippen molar-refractivity contribution >= 4 is 24.1 Å². The van der Waals surface area contributed by atoms with Crippen molar-refractivity contribution in [1.29, 1.82) is 0 Å². The predicted molar refractivity (Wildman–Crippen MR) is 112 cm³/mol. The van der Waals surface area contributed by atoms with Crippen LogP contribution < -0.4 is 5.73 Å². The van der Waals surface area contributed by atoms with Gasteiger partial charge in [0.1, 0.15) is 12.0 Å². The Kier molecular flexibility index (Phi) is 7.66. The largest absolute Gasteiger partial charge is 0.704 e. The molecule has 0 bridgehead atoms. The molecule has 6 nitrogen and oxygen atoms in total. The highest BCUT2D eigenvalue weighted by Gasteiger charge is 2.15. The lowest BCUT2D eigenvalue weighted by Gasteiger charge is -2.16. The molecule has 0 aliphatic rings. The molecule has 28 heavy (non-hydrogen) atoms. The molecule has 0 aliphatic heterocycles. The zero-order valence-corrected chi connectivity index (χ0v) is 17.0. The SMILES string of the molecule is CCOCc1cc(C=O)ccc1-c1ccccc1S/[N+]([O-])=C(N)\C(C)=C(\C)O. The van der Waals surface area contributed by atoms with Crippen molar-refractivity contribution in [2.45, 2.75) is 32.3 Å². The molecule has 3 N–H and O–H groups in total. The van der Waals surface area contributed by atoms with E-state index < -0.39 is 0 Å². The van der Waals surface area contributed by atoms with E-state index in [1.165, 1.54) is 6.92 Å². The normalized spacial score (nSPS) is 13.0. The molecule has 0 amide bonds. The van der Waals surface area contributed by atoms with E-state index in [1.807, 2.05) is 37.3 Å². The summed E-state index contributed by atoms with van der Waals surface area (Å²) in [6, 6.07) is 12.8. The van der Waals surface area contributed by atoms with Crippen LogP contribution in [-0.4, -0.2) is 28.0 Å². The van der Waals surface area contributed by atoms with Crippen LogP contribution in [0.5, 0.6) is 0 Å². The lowest BCUT2D eigenvalue weighted by molar-refractivity contribution is -0.259. The van der Waals surface area contributed by atoms with E-state index >= 15 is 0 Å². The number of benzene rings is 2. The summed E-state index contributed by atoms with van der Waals surface area (Å²) in [4.78, 5) is 11.8. The number of allylic oxidation sites excluding steroid dienone is 1. The van der Waals surface area contributed by atoms with Crippen LogP contribution in [0.3, 0.4) is 0 Å². The zero-order chi connectivity index (χ0) is 20.7. The summed E-state index contributed by atoms with van der Waals surface area (Å²) in [5.74, 6) is -0.0682. The van der Waals surface area contributed by atoms with E-state index in [4.69, 9.17) is 10.5 Å². The molecule has 0 saturated carbocycles. The van der Waals surface area contributed by atoms with Gasteiger partial charge in [0.2, 0.25) is 0 Å². The number of nitrogens with zero attached hydrogens (tertiary/aromatic N) is 1. The van der Waals surface area contributed by atoms with Crippen LogP contribution in [0.4, 0.5) is 0 Å². The lowest BCUT2D eigenvalue weighted by atomic mass is 9.98. The van der Waals surface area contributed by atoms with Crippen LogP contribution >= 0.6 is 11.9 Å². The molecule has 148 valence electrons. The van der Waals surface area contributed by atoms with Crippen LogP contribution in [0.15, 0.2) is 58.7 Å². The number of aldehydes is 1. The number of aliphatic hydroxyl groups excluding tert-OH is 1. The van der Waals surface area contributed by atoms with Gasteiger partial charge in [-0.15, -0.1) is 0 Å². The molecule has 0 fully saturated rings. The van der Waals surface area contributed by atoms with Gasteiger partial charge in [0.25, 0.3) is 5.84 Å². The third kappa shape index (κ3) is 5.15. The summed E-state index contributed by atoms with van der Waals surface area (Å²) in [7, 11) is 0. The van der Waals surface area contributed by atoms with E-state index in [1.54, 1.807) is 19.1 Å². The zero-order valence-electron chi connectivity index (χ0n) is 16.1. The number of amidine groups is 1. The predicted octanol–water partition coefficient (Wildman–Crippen LogP) is 4.43. The second-order valence-corrected chi connectivity index (χ2v) is 7.07. The van der Waals surface area contributed by atoms with E-state index in [-0.39, 0.29) is 11.6 Å². The van der Waals surface area contributed by atoms with Crippen LogP contribution in [0.25, 0.3) is 11.1 Å². The minimum atomic E-state index is -0.0642. The second kappa shape index (κ2) is 9.96. The van der Waals surface area contributed by atoms with Crippen molar-refractivity contribution in [3.8, 4) is 11.1 Å². The quantitative estimate of drug-likeness (QED) is 0.0994. The summed E-state index contributed by atoms with van der Waals surface area (Å²) >= 11 is 0.921. The van der Waals surface area contributed by atoms with Gasteiger partial charge in [0, 0.05) is 12.2 Å². The monoisotopic (exact) mass is 400 g/mol. The average Bonchev–Trinajstić information content (AvgIpc) is 2.71. The Hall–Kier alpha value is -2.77. The number of hydrogen-bond acceptors (Lipinski definition) is 5. The molecular formula is C21H24N2O4S. The van der Waals surface area contributed by atoms with E-state index in [0.717, 1.165) is 34.9 Å². The third-order valence-corrected chi connectivity index (χ3v) is 5.12. The smallest absolute Gasteiger partial charge is 0.289 e. The van der Waals surface area contributed by atoms with Gasteiger partial charge in [-0.1, -0.05) is 30.3 Å². The molecule has 2 aromatic carbocycles. The lowest BCUT2D eigenvalue weighted by Crippen LogP contribution is -2.22. The molecule has 7 heteroatoms. The molecule has 0 radical (unpaired) electrons. The first-order chi connectivity index (χ1) is 13.4. The number of ether oxygens (including phenoxy) is 1.